The Labute approximate surface area is 175 Å². The van der Waals surface area contributed by atoms with Gasteiger partial charge in [-0.2, -0.15) is 0 Å². The minimum atomic E-state index is 0.0154. The molecule has 0 unspecified atom stereocenters. The summed E-state index contributed by atoms with van der Waals surface area (Å²) < 4.78 is 12.4. The monoisotopic (exact) mass is 411 g/mol. The van der Waals surface area contributed by atoms with Crippen molar-refractivity contribution in [2.24, 2.45) is 0 Å². The predicted octanol–water partition coefficient (Wildman–Crippen LogP) is -0.387. The minimum absolute atomic E-state index is 0.0154. The van der Waals surface area contributed by atoms with E-state index in [2.05, 4.69) is 42.5 Å². The molecular formula is C20H27N8O2+. The van der Waals surface area contributed by atoms with Gasteiger partial charge in [0.1, 0.15) is 5.75 Å². The SMILES string of the molecule is COCCn1nnnc1[C@H](c1ccc(OC)cc1)[NH+]1CCN(c2ncccn2)CC1. The molecule has 30 heavy (non-hydrogen) atoms. The van der Waals surface area contributed by atoms with Crippen molar-refractivity contribution in [1.82, 2.24) is 30.2 Å². The van der Waals surface area contributed by atoms with E-state index in [0.29, 0.717) is 13.2 Å². The molecule has 0 amide bonds. The van der Waals surface area contributed by atoms with Crippen molar-refractivity contribution in [1.29, 1.82) is 0 Å². The van der Waals surface area contributed by atoms with Crippen molar-refractivity contribution in [3.8, 4) is 5.75 Å². The molecule has 10 heteroatoms. The molecule has 0 bridgehead atoms. The van der Waals surface area contributed by atoms with E-state index in [1.807, 2.05) is 22.9 Å². The van der Waals surface area contributed by atoms with Crippen LogP contribution in [-0.2, 0) is 11.3 Å². The first-order valence-corrected chi connectivity index (χ1v) is 10.1. The van der Waals surface area contributed by atoms with Crippen LogP contribution >= 0.6 is 0 Å². The lowest BCUT2D eigenvalue weighted by atomic mass is 10.0. The third-order valence-corrected chi connectivity index (χ3v) is 5.42. The molecule has 1 saturated heterocycles. The molecular weight excluding hydrogens is 384 g/mol. The molecule has 0 radical (unpaired) electrons. The molecule has 1 aromatic carbocycles. The number of nitrogens with one attached hydrogen (secondary N) is 1. The average molecular weight is 411 g/mol. The summed E-state index contributed by atoms with van der Waals surface area (Å²) in [6.07, 6.45) is 3.57. The minimum Gasteiger partial charge on any atom is -0.497 e. The first-order valence-electron chi connectivity index (χ1n) is 10.1. The average Bonchev–Trinajstić information content (AvgIpc) is 3.27. The van der Waals surface area contributed by atoms with Crippen LogP contribution in [0.1, 0.15) is 17.4 Å². The van der Waals surface area contributed by atoms with Gasteiger partial charge in [-0.25, -0.2) is 14.6 Å². The van der Waals surface area contributed by atoms with Crippen molar-refractivity contribution in [3.63, 3.8) is 0 Å². The highest BCUT2D eigenvalue weighted by Gasteiger charge is 2.34. The molecule has 4 rings (SSSR count). The van der Waals surface area contributed by atoms with Crippen LogP contribution in [0.3, 0.4) is 0 Å². The summed E-state index contributed by atoms with van der Waals surface area (Å²) in [6.45, 7) is 4.75. The van der Waals surface area contributed by atoms with Gasteiger partial charge in [0.2, 0.25) is 11.8 Å². The predicted molar refractivity (Wildman–Crippen MR) is 109 cm³/mol. The third-order valence-electron chi connectivity index (χ3n) is 5.42. The number of aromatic nitrogens is 6. The highest BCUT2D eigenvalue weighted by atomic mass is 16.5. The van der Waals surface area contributed by atoms with E-state index in [9.17, 15) is 0 Å². The fourth-order valence-electron chi connectivity index (χ4n) is 3.86. The Morgan fingerprint density at radius 1 is 1.07 bits per heavy atom. The lowest BCUT2D eigenvalue weighted by molar-refractivity contribution is -0.927. The lowest BCUT2D eigenvalue weighted by Crippen LogP contribution is -3.15. The highest BCUT2D eigenvalue weighted by Crippen LogP contribution is 2.21. The van der Waals surface area contributed by atoms with Gasteiger partial charge in [0.05, 0.1) is 46.4 Å². The van der Waals surface area contributed by atoms with E-state index < -0.39 is 0 Å². The molecule has 1 atom stereocenters. The van der Waals surface area contributed by atoms with Crippen molar-refractivity contribution in [3.05, 3.63) is 54.1 Å². The van der Waals surface area contributed by atoms with Gasteiger partial charge in [0, 0.05) is 25.1 Å². The molecule has 158 valence electrons. The third kappa shape index (κ3) is 4.39. The Hall–Kier alpha value is -3.11. The Kier molecular flexibility index (Phi) is 6.45. The van der Waals surface area contributed by atoms with Gasteiger partial charge in [0.15, 0.2) is 6.04 Å². The Balaban J connectivity index is 1.59. The van der Waals surface area contributed by atoms with Crippen molar-refractivity contribution in [2.45, 2.75) is 12.6 Å². The number of benzene rings is 1. The first-order chi connectivity index (χ1) is 14.8. The standard InChI is InChI=1S/C20H26N8O2/c1-29-15-14-28-19(23-24-25-28)18(16-4-6-17(30-2)7-5-16)26-10-12-27(13-11-26)20-21-8-3-9-22-20/h3-9,18H,10-15H2,1-2H3/p+1/t18-/m0/s1. The smallest absolute Gasteiger partial charge is 0.225 e. The Morgan fingerprint density at radius 3 is 2.47 bits per heavy atom. The van der Waals surface area contributed by atoms with Crippen LogP contribution in [-0.4, -0.2) is 77.2 Å². The van der Waals surface area contributed by atoms with Crippen molar-refractivity contribution < 1.29 is 14.4 Å². The summed E-state index contributed by atoms with van der Waals surface area (Å²) in [4.78, 5) is 12.4. The van der Waals surface area contributed by atoms with Gasteiger partial charge < -0.3 is 19.3 Å². The molecule has 2 aromatic heterocycles. The van der Waals surface area contributed by atoms with E-state index in [0.717, 1.165) is 49.3 Å². The largest absolute Gasteiger partial charge is 0.497 e. The zero-order valence-electron chi connectivity index (χ0n) is 17.3. The van der Waals surface area contributed by atoms with Crippen LogP contribution in [0.4, 0.5) is 5.95 Å². The molecule has 1 aliphatic rings. The number of rotatable bonds is 8. The summed E-state index contributed by atoms with van der Waals surface area (Å²) in [6, 6.07) is 10.0. The van der Waals surface area contributed by atoms with Crippen LogP contribution in [0.5, 0.6) is 5.75 Å². The normalized spacial score (nSPS) is 15.9. The molecule has 1 fully saturated rings. The fraction of sp³-hybridized carbons (Fsp3) is 0.450. The molecule has 0 saturated carbocycles. The maximum atomic E-state index is 5.34. The fourth-order valence-corrected chi connectivity index (χ4v) is 3.86. The zero-order valence-corrected chi connectivity index (χ0v) is 17.3. The topological polar surface area (TPSA) is 95.5 Å². The van der Waals surface area contributed by atoms with E-state index in [-0.39, 0.29) is 6.04 Å². The number of tetrazole rings is 1. The van der Waals surface area contributed by atoms with Crippen LogP contribution in [0, 0.1) is 0 Å². The number of anilines is 1. The van der Waals surface area contributed by atoms with E-state index in [4.69, 9.17) is 9.47 Å². The Morgan fingerprint density at radius 2 is 1.80 bits per heavy atom. The second kappa shape index (κ2) is 9.59. The molecule has 1 aliphatic heterocycles. The highest BCUT2D eigenvalue weighted by molar-refractivity contribution is 5.31. The number of nitrogens with zero attached hydrogens (tertiary/aromatic N) is 7. The quantitative estimate of drug-likeness (QED) is 0.536. The molecule has 1 N–H and O–H groups in total. The maximum absolute atomic E-state index is 5.34. The van der Waals surface area contributed by atoms with Crippen molar-refractivity contribution in [2.75, 3.05) is 51.9 Å². The van der Waals surface area contributed by atoms with Gasteiger partial charge in [-0.05, 0) is 40.8 Å². The van der Waals surface area contributed by atoms with Gasteiger partial charge in [-0.15, -0.1) is 5.10 Å². The number of piperazine rings is 1. The number of hydrogen-bond acceptors (Lipinski definition) is 8. The lowest BCUT2D eigenvalue weighted by Gasteiger charge is -2.36. The summed E-state index contributed by atoms with van der Waals surface area (Å²) in [7, 11) is 3.36. The number of methoxy groups -OCH3 is 2. The Bertz CT molecular complexity index is 910. The van der Waals surface area contributed by atoms with Crippen molar-refractivity contribution >= 4 is 5.95 Å². The van der Waals surface area contributed by atoms with E-state index in [1.54, 1.807) is 26.6 Å². The summed E-state index contributed by atoms with van der Waals surface area (Å²) in [5, 5.41) is 12.5. The van der Waals surface area contributed by atoms with Gasteiger partial charge in [-0.1, -0.05) is 0 Å². The van der Waals surface area contributed by atoms with Gasteiger partial charge >= 0.3 is 0 Å². The number of quaternary nitrogens is 1. The van der Waals surface area contributed by atoms with E-state index in [1.165, 1.54) is 4.90 Å². The van der Waals surface area contributed by atoms with Crippen LogP contribution < -0.4 is 14.5 Å². The summed E-state index contributed by atoms with van der Waals surface area (Å²) >= 11 is 0. The maximum Gasteiger partial charge on any atom is 0.225 e. The molecule has 3 heterocycles. The van der Waals surface area contributed by atoms with Gasteiger partial charge in [0.25, 0.3) is 0 Å². The van der Waals surface area contributed by atoms with Crippen LogP contribution in [0.15, 0.2) is 42.7 Å². The second-order valence-electron chi connectivity index (χ2n) is 7.15. The molecule has 10 nitrogen and oxygen atoms in total. The number of hydrogen-bond donors (Lipinski definition) is 1. The summed E-state index contributed by atoms with van der Waals surface area (Å²) in [5.74, 6) is 2.46. The summed E-state index contributed by atoms with van der Waals surface area (Å²) in [5.41, 5.74) is 1.16. The van der Waals surface area contributed by atoms with Crippen LogP contribution in [0.25, 0.3) is 0 Å². The zero-order chi connectivity index (χ0) is 20.8. The molecule has 3 aromatic rings. The number of ether oxygens (including phenoxy) is 2. The first kappa shape index (κ1) is 20.2. The second-order valence-corrected chi connectivity index (χ2v) is 7.15. The van der Waals surface area contributed by atoms with E-state index >= 15 is 0 Å². The van der Waals surface area contributed by atoms with Crippen LogP contribution in [0.2, 0.25) is 0 Å². The molecule has 0 aliphatic carbocycles. The van der Waals surface area contributed by atoms with Gasteiger partial charge in [-0.3, -0.25) is 0 Å². The molecule has 0 spiro atoms.